The number of amides is 11. The van der Waals surface area contributed by atoms with E-state index >= 15 is 4.79 Å². The number of ether oxygens (including phenoxy) is 6. The normalized spacial score (nSPS) is 26.5. The number of aliphatic hydroxyl groups excluding tert-OH is 8. The number of likely N-dealkylation sites (tertiary alicyclic amines) is 1. The first kappa shape index (κ1) is 97.0. The third-order valence-electron chi connectivity index (χ3n) is 19.2. The Morgan fingerprint density at radius 3 is 1.59 bits per heavy atom. The minimum Gasteiger partial charge on any atom is -0.481 e. The van der Waals surface area contributed by atoms with Crippen molar-refractivity contribution >= 4 is 93.3 Å². The van der Waals surface area contributed by atoms with Gasteiger partial charge in [-0.1, -0.05) is 56.3 Å². The number of primary amides is 1. The lowest BCUT2D eigenvalue weighted by Gasteiger charge is -2.48. The third kappa shape index (κ3) is 28.7. The number of aliphatic hydroxyl groups is 8. The lowest BCUT2D eigenvalue weighted by molar-refractivity contribution is -0.352. The van der Waals surface area contributed by atoms with Crippen LogP contribution < -0.4 is 57.8 Å². The number of nitrogens with one attached hydrogen (secondary N) is 9. The summed E-state index contributed by atoms with van der Waals surface area (Å²) in [4.78, 5) is 190. The van der Waals surface area contributed by atoms with Gasteiger partial charge in [-0.25, -0.2) is 0 Å². The van der Waals surface area contributed by atoms with Crippen molar-refractivity contribution in [1.82, 2.24) is 52.8 Å². The Morgan fingerprint density at radius 1 is 0.542 bits per heavy atom. The summed E-state index contributed by atoms with van der Waals surface area (Å²) in [5.41, 5.74) is 6.25. The van der Waals surface area contributed by atoms with Crippen LogP contribution in [0.15, 0.2) is 54.6 Å². The molecule has 0 unspecified atom stereocenters. The molecule has 2 aromatic carbocycles. The summed E-state index contributed by atoms with van der Waals surface area (Å²) in [6.45, 7) is 4.40. The smallest absolute Gasteiger partial charge is 0.446 e. The number of benzene rings is 2. The minimum atomic E-state index is -4.92. The first-order valence-electron chi connectivity index (χ1n) is 37.3. The van der Waals surface area contributed by atoms with Gasteiger partial charge in [0.1, 0.15) is 127 Å². The van der Waals surface area contributed by atoms with Gasteiger partial charge in [0.15, 0.2) is 18.9 Å². The van der Waals surface area contributed by atoms with Crippen molar-refractivity contribution in [3.05, 3.63) is 65.7 Å². The van der Waals surface area contributed by atoms with Crippen LogP contribution >= 0.6 is 0 Å². The number of hydrogen-bond donors (Lipinski definition) is 22. The molecule has 6 rings (SSSR count). The van der Waals surface area contributed by atoms with Gasteiger partial charge < -0.3 is 147 Å². The fraction of sp³-hybridized carbons (Fsp3) is 0.634. The Kier molecular flexibility index (Phi) is 36.8. The summed E-state index contributed by atoms with van der Waals surface area (Å²) < 4.78 is 71.2. The van der Waals surface area contributed by atoms with Crippen LogP contribution in [0.3, 0.4) is 0 Å². The second-order valence-corrected chi connectivity index (χ2v) is 30.0. The average molecular weight is 1700 g/mol. The molecule has 0 saturated carbocycles. The average Bonchev–Trinajstić information content (AvgIpc) is 1.06. The lowest BCUT2D eigenvalue weighted by Crippen LogP contribution is -2.68. The highest BCUT2D eigenvalue weighted by molar-refractivity contribution is 7.81. The molecule has 4 saturated heterocycles. The fourth-order valence-corrected chi connectivity index (χ4v) is 13.7. The highest BCUT2D eigenvalue weighted by Gasteiger charge is 2.54. The SMILES string of the molecule is CC(=O)N[C@H]1[C@H](OC[C@H]2O[C@H](O[C@H](C)[C@H](NC(=O)[C@H](CCC(=O)O)NC(=O)[C@@H]3CCCN3C(=O)[C@H](CC(C)C)NC(=O)[C@H](Cc3ccccc3)NC(=O)[C@H](CC(=O)O)NC(=O)[C@H](Cc3ccc(OS(=O)(=O)O)cc3)NC(C)=O)C(=O)N[C@@H](CCC(=O)O)C(N)=O)[C@H](NC(C)=O)[C@@H](O)[C@H]2O)O[C@H](CO)[C@@H](O[C@@H]2O[C@H](CO)[C@H](O)[C@H](O)[C@H]2O)[C@@H]1O. The molecule has 4 fully saturated rings. The van der Waals surface area contributed by atoms with E-state index in [4.69, 9.17) is 38.7 Å². The van der Waals surface area contributed by atoms with Crippen molar-refractivity contribution in [3.8, 4) is 5.75 Å². The Labute approximate surface area is 674 Å². The Hall–Kier alpha value is -9.83. The second-order valence-electron chi connectivity index (χ2n) is 28.9. The summed E-state index contributed by atoms with van der Waals surface area (Å²) in [5.74, 6) is -17.3. The first-order chi connectivity index (χ1) is 55.4. The predicted octanol–water partition coefficient (Wildman–Crippen LogP) is -9.07. The van der Waals surface area contributed by atoms with E-state index in [0.29, 0.717) is 5.56 Å². The quantitative estimate of drug-likeness (QED) is 0.0274. The summed E-state index contributed by atoms with van der Waals surface area (Å²) in [6, 6.07) is -5.05. The molecule has 658 valence electrons. The van der Waals surface area contributed by atoms with Gasteiger partial charge in [0.25, 0.3) is 0 Å². The van der Waals surface area contributed by atoms with Gasteiger partial charge in [0, 0.05) is 53.0 Å². The van der Waals surface area contributed by atoms with Crippen molar-refractivity contribution in [2.24, 2.45) is 11.7 Å². The molecule has 11 amide bonds. The number of nitrogens with zero attached hydrogens (tertiary/aromatic N) is 1. The number of carboxylic acids is 3. The van der Waals surface area contributed by atoms with Crippen LogP contribution in [0.2, 0.25) is 0 Å². The Morgan fingerprint density at radius 2 is 1.05 bits per heavy atom. The molecule has 23 N–H and O–H groups in total. The van der Waals surface area contributed by atoms with Crippen molar-refractivity contribution in [3.63, 3.8) is 0 Å². The van der Waals surface area contributed by atoms with E-state index in [2.05, 4.69) is 52.0 Å². The van der Waals surface area contributed by atoms with Gasteiger partial charge in [-0.2, -0.15) is 8.42 Å². The van der Waals surface area contributed by atoms with Crippen LogP contribution in [0.5, 0.6) is 5.75 Å². The zero-order valence-electron chi connectivity index (χ0n) is 64.7. The molecule has 47 heteroatoms. The van der Waals surface area contributed by atoms with Crippen LogP contribution in [0.4, 0.5) is 0 Å². The van der Waals surface area contributed by atoms with Crippen molar-refractivity contribution in [1.29, 1.82) is 0 Å². The van der Waals surface area contributed by atoms with Gasteiger partial charge in [-0.05, 0) is 68.2 Å². The van der Waals surface area contributed by atoms with Gasteiger partial charge in [-0.3, -0.25) is 71.7 Å². The van der Waals surface area contributed by atoms with Crippen LogP contribution in [0.25, 0.3) is 0 Å². The molecular formula is C71H103N11O35S. The number of rotatable bonds is 43. The number of carbonyl (C=O) groups is 14. The molecule has 24 atom stereocenters. The second kappa shape index (κ2) is 44.8. The van der Waals surface area contributed by atoms with E-state index in [1.807, 2.05) is 0 Å². The van der Waals surface area contributed by atoms with Crippen LogP contribution in [0.1, 0.15) is 104 Å². The van der Waals surface area contributed by atoms with Crippen LogP contribution in [-0.4, -0.2) is 330 Å². The molecule has 0 bridgehead atoms. The van der Waals surface area contributed by atoms with E-state index in [-0.39, 0.29) is 50.0 Å². The molecule has 0 spiro atoms. The van der Waals surface area contributed by atoms with Crippen molar-refractivity contribution in [2.45, 2.75) is 252 Å². The van der Waals surface area contributed by atoms with Gasteiger partial charge in [0.2, 0.25) is 65.0 Å². The molecule has 0 aliphatic carbocycles. The first-order valence-corrected chi connectivity index (χ1v) is 38.6. The lowest BCUT2D eigenvalue weighted by atomic mass is 9.95. The minimum absolute atomic E-state index is 0.0936. The summed E-state index contributed by atoms with van der Waals surface area (Å²) in [6.07, 6.45) is -31.6. The zero-order valence-corrected chi connectivity index (χ0v) is 65.5. The van der Waals surface area contributed by atoms with Gasteiger partial charge in [0.05, 0.1) is 32.3 Å². The van der Waals surface area contributed by atoms with Gasteiger partial charge in [-0.15, -0.1) is 0 Å². The maximum absolute atomic E-state index is 15.0. The summed E-state index contributed by atoms with van der Waals surface area (Å²) in [7, 11) is -4.92. The molecule has 2 aromatic rings. The largest absolute Gasteiger partial charge is 0.481 e. The van der Waals surface area contributed by atoms with Crippen LogP contribution in [-0.2, 0) is 119 Å². The standard InChI is InChI=1S/C71H103N11O35S/c1-30(2)23-43(80-64(103)41(24-35-11-8-7-9-12-35)78-65(104)42(26-50(92)93)79-63(102)40(73-32(4)85)25-36-14-16-37(17-15-36)117-118(108,109)110)68(107)82-22-10-13-44(82)66(105)77-39(19-21-49(90)91)62(101)81-51(67(106)76-38(61(72)100)18-20-48(88)89)31(3)112-70-52(74-33(5)86)56(96)55(95)47(115-70)29-111-69-53(75-34(6)87)57(97)60(46(28-84)114-69)116-71-59(99)58(98)54(94)45(27-83)113-71/h7-9,11-12,14-17,30-31,38-47,51-60,69-71,83-84,94-99H,10,13,18-29H2,1-6H3,(H2,72,100)(H,73,85)(H,74,86)(H,75,87)(H,76,106)(H,77,105)(H,78,104)(H,79,102)(H,80,103)(H,81,101)(H,88,89)(H,90,91)(H,92,93)(H,108,109,110)/t31-,38+,39+,40+,41+,42+,43+,44+,45-,46-,47-,51+,52-,53-,54+,55+,56-,57-,58+,59-,60-,69-,70+,71+/m1/s1. The van der Waals surface area contributed by atoms with E-state index < -0.39 is 298 Å². The maximum Gasteiger partial charge on any atom is 0.446 e. The van der Waals surface area contributed by atoms with Crippen LogP contribution in [0, 0.1) is 5.92 Å². The van der Waals surface area contributed by atoms with E-state index in [0.717, 1.165) is 44.7 Å². The molecule has 0 radical (unpaired) electrons. The molecule has 46 nitrogen and oxygen atoms in total. The fourth-order valence-electron chi connectivity index (χ4n) is 13.4. The third-order valence-corrected chi connectivity index (χ3v) is 19.6. The number of carboxylic acid groups (broad SMARTS) is 3. The topological polar surface area (TPSA) is 718 Å². The van der Waals surface area contributed by atoms with Crippen molar-refractivity contribution in [2.75, 3.05) is 26.4 Å². The van der Waals surface area contributed by atoms with Crippen molar-refractivity contribution < 1.29 is 169 Å². The Bertz CT molecular complexity index is 3950. The number of hydrogen-bond acceptors (Lipinski definition) is 31. The monoisotopic (exact) mass is 1700 g/mol. The van der Waals surface area contributed by atoms with E-state index in [1.54, 1.807) is 44.2 Å². The molecule has 4 aliphatic heterocycles. The highest BCUT2D eigenvalue weighted by atomic mass is 32.3. The van der Waals surface area contributed by atoms with Gasteiger partial charge >= 0.3 is 28.3 Å². The molecule has 118 heavy (non-hydrogen) atoms. The van der Waals surface area contributed by atoms with E-state index in [9.17, 15) is 127 Å². The predicted molar refractivity (Wildman–Crippen MR) is 394 cm³/mol. The number of aliphatic carboxylic acids is 3. The highest BCUT2D eigenvalue weighted by Crippen LogP contribution is 2.32. The summed E-state index contributed by atoms with van der Waals surface area (Å²) in [5, 5.41) is 138. The molecule has 0 aromatic heterocycles. The summed E-state index contributed by atoms with van der Waals surface area (Å²) >= 11 is 0. The van der Waals surface area contributed by atoms with E-state index in [1.165, 1.54) is 12.1 Å². The number of carbonyl (C=O) groups excluding carboxylic acids is 11. The maximum atomic E-state index is 15.0. The molecular weight excluding hydrogens is 1600 g/mol. The zero-order chi connectivity index (χ0) is 87.9. The molecule has 4 heterocycles. The number of nitrogens with two attached hydrogens (primary N) is 1. The Balaban J connectivity index is 1.25. The molecule has 4 aliphatic rings.